The summed E-state index contributed by atoms with van der Waals surface area (Å²) in [5, 5.41) is 15.8. The molecule has 3 aromatic rings. The second kappa shape index (κ2) is 6.16. The lowest BCUT2D eigenvalue weighted by atomic mass is 10.1. The summed E-state index contributed by atoms with van der Waals surface area (Å²) in [5.74, 6) is -0.218. The van der Waals surface area contributed by atoms with E-state index in [4.69, 9.17) is 23.2 Å². The highest BCUT2D eigenvalue weighted by molar-refractivity contribution is 7.15. The monoisotopic (exact) mass is 379 g/mol. The van der Waals surface area contributed by atoms with Crippen LogP contribution in [0.15, 0.2) is 24.5 Å². The van der Waals surface area contributed by atoms with Gasteiger partial charge in [-0.2, -0.15) is 4.68 Å². The number of carbonyl (C=O) groups is 1. The highest BCUT2D eigenvalue weighted by Crippen LogP contribution is 2.38. The topological polar surface area (TPSA) is 72.7 Å². The van der Waals surface area contributed by atoms with Gasteiger partial charge in [-0.05, 0) is 53.5 Å². The largest absolute Gasteiger partial charge is 0.321 e. The number of tetrazole rings is 1. The Balaban J connectivity index is 1.74. The van der Waals surface area contributed by atoms with E-state index in [0.29, 0.717) is 21.3 Å². The maximum Gasteiger partial charge on any atom is 0.259 e. The quantitative estimate of drug-likeness (QED) is 0.751. The van der Waals surface area contributed by atoms with Crippen molar-refractivity contribution in [3.63, 3.8) is 0 Å². The van der Waals surface area contributed by atoms with Crippen LogP contribution in [0.3, 0.4) is 0 Å². The van der Waals surface area contributed by atoms with Gasteiger partial charge in [0.05, 0.1) is 16.3 Å². The van der Waals surface area contributed by atoms with Gasteiger partial charge in [-0.1, -0.05) is 23.2 Å². The van der Waals surface area contributed by atoms with Gasteiger partial charge in [-0.15, -0.1) is 16.4 Å². The summed E-state index contributed by atoms with van der Waals surface area (Å²) in [6.07, 6.45) is 4.40. The molecular formula is C15H11Cl2N5OS. The van der Waals surface area contributed by atoms with Crippen molar-refractivity contribution < 1.29 is 4.79 Å². The van der Waals surface area contributed by atoms with Gasteiger partial charge >= 0.3 is 0 Å². The van der Waals surface area contributed by atoms with Gasteiger partial charge < -0.3 is 5.32 Å². The van der Waals surface area contributed by atoms with Gasteiger partial charge in [0.25, 0.3) is 5.91 Å². The summed E-state index contributed by atoms with van der Waals surface area (Å²) in [6, 6.07) is 4.97. The molecule has 1 aromatic carbocycles. The zero-order valence-corrected chi connectivity index (χ0v) is 14.6. The fraction of sp³-hybridized carbons (Fsp3) is 0.200. The van der Waals surface area contributed by atoms with Gasteiger partial charge in [0.2, 0.25) is 0 Å². The van der Waals surface area contributed by atoms with Crippen molar-refractivity contribution in [2.24, 2.45) is 0 Å². The molecule has 0 spiro atoms. The van der Waals surface area contributed by atoms with Crippen LogP contribution in [0.1, 0.15) is 27.2 Å². The van der Waals surface area contributed by atoms with Crippen molar-refractivity contribution >= 4 is 46.1 Å². The molecule has 1 aliphatic rings. The minimum atomic E-state index is -0.218. The number of aromatic nitrogens is 4. The third-order valence-electron chi connectivity index (χ3n) is 3.87. The molecule has 0 fully saturated rings. The van der Waals surface area contributed by atoms with Gasteiger partial charge in [-0.3, -0.25) is 4.79 Å². The Bertz CT molecular complexity index is 922. The third kappa shape index (κ3) is 2.68. The first-order valence-electron chi connectivity index (χ1n) is 7.28. The van der Waals surface area contributed by atoms with E-state index in [0.717, 1.165) is 29.8 Å². The summed E-state index contributed by atoms with van der Waals surface area (Å²) < 4.78 is 1.53. The molecule has 122 valence electrons. The van der Waals surface area contributed by atoms with Crippen LogP contribution in [0.25, 0.3) is 5.00 Å². The number of carbonyl (C=O) groups excluding carboxylic acids is 1. The van der Waals surface area contributed by atoms with E-state index >= 15 is 0 Å². The molecule has 0 saturated carbocycles. The number of nitrogens with one attached hydrogen (secondary N) is 1. The predicted molar refractivity (Wildman–Crippen MR) is 93.5 cm³/mol. The first kappa shape index (κ1) is 15.6. The van der Waals surface area contributed by atoms with E-state index in [1.807, 2.05) is 0 Å². The second-order valence-electron chi connectivity index (χ2n) is 5.37. The summed E-state index contributed by atoms with van der Waals surface area (Å²) in [5.41, 5.74) is 2.21. The van der Waals surface area contributed by atoms with E-state index in [1.54, 1.807) is 29.5 Å². The average Bonchev–Trinajstić information content (AvgIpc) is 3.24. The average molecular weight is 380 g/mol. The summed E-state index contributed by atoms with van der Waals surface area (Å²) >= 11 is 13.6. The summed E-state index contributed by atoms with van der Waals surface area (Å²) in [6.45, 7) is 0. The number of fused-ring (bicyclic) bond motifs is 1. The highest BCUT2D eigenvalue weighted by Gasteiger charge is 2.28. The molecule has 0 unspecified atom stereocenters. The number of aryl methyl sites for hydroxylation is 1. The normalized spacial score (nSPS) is 13.1. The number of hydrogen-bond donors (Lipinski definition) is 1. The Morgan fingerprint density at radius 3 is 2.92 bits per heavy atom. The van der Waals surface area contributed by atoms with E-state index in [9.17, 15) is 4.79 Å². The van der Waals surface area contributed by atoms with Crippen molar-refractivity contribution in [3.05, 3.63) is 50.6 Å². The molecule has 0 saturated heterocycles. The predicted octanol–water partition coefficient (Wildman–Crippen LogP) is 3.77. The van der Waals surface area contributed by atoms with Crippen LogP contribution >= 0.6 is 34.5 Å². The molecule has 9 heteroatoms. The number of thiophene rings is 1. The molecular weight excluding hydrogens is 369 g/mol. The fourth-order valence-corrected chi connectivity index (χ4v) is 4.57. The molecule has 1 amide bonds. The Kier molecular flexibility index (Phi) is 3.99. The van der Waals surface area contributed by atoms with E-state index in [-0.39, 0.29) is 5.91 Å². The molecule has 0 aliphatic heterocycles. The second-order valence-corrected chi connectivity index (χ2v) is 7.30. The van der Waals surface area contributed by atoms with Crippen LogP contribution in [0, 0.1) is 0 Å². The van der Waals surface area contributed by atoms with E-state index in [2.05, 4.69) is 20.8 Å². The standard InChI is InChI=1S/C15H11Cl2N5OS/c16-8-4-5-11(10(17)6-8)19-14(23)13-9-2-1-3-12(9)24-15(13)22-7-18-20-21-22/h4-7H,1-3H2,(H,19,23). The molecule has 24 heavy (non-hydrogen) atoms. The van der Waals surface area contributed by atoms with Crippen molar-refractivity contribution in [1.82, 2.24) is 20.2 Å². The molecule has 1 N–H and O–H groups in total. The molecule has 2 heterocycles. The molecule has 2 aromatic heterocycles. The summed E-state index contributed by atoms with van der Waals surface area (Å²) in [7, 11) is 0. The van der Waals surface area contributed by atoms with Crippen LogP contribution in [0.2, 0.25) is 10.0 Å². The lowest BCUT2D eigenvalue weighted by Crippen LogP contribution is -2.15. The van der Waals surface area contributed by atoms with Crippen LogP contribution in [0.4, 0.5) is 5.69 Å². The molecule has 0 atom stereocenters. The van der Waals surface area contributed by atoms with E-state index in [1.165, 1.54) is 15.9 Å². The number of benzene rings is 1. The maximum absolute atomic E-state index is 12.9. The first-order chi connectivity index (χ1) is 11.6. The number of halogens is 2. The van der Waals surface area contributed by atoms with Gasteiger partial charge in [0, 0.05) is 9.90 Å². The minimum Gasteiger partial charge on any atom is -0.321 e. The smallest absolute Gasteiger partial charge is 0.259 e. The van der Waals surface area contributed by atoms with Crippen LogP contribution in [0.5, 0.6) is 0 Å². The number of nitrogens with zero attached hydrogens (tertiary/aromatic N) is 4. The van der Waals surface area contributed by atoms with Crippen molar-refractivity contribution in [3.8, 4) is 5.00 Å². The Morgan fingerprint density at radius 2 is 2.17 bits per heavy atom. The van der Waals surface area contributed by atoms with E-state index < -0.39 is 0 Å². The maximum atomic E-state index is 12.9. The summed E-state index contributed by atoms with van der Waals surface area (Å²) in [4.78, 5) is 14.1. The molecule has 0 bridgehead atoms. The van der Waals surface area contributed by atoms with Crippen LogP contribution < -0.4 is 5.32 Å². The van der Waals surface area contributed by atoms with Crippen molar-refractivity contribution in [2.45, 2.75) is 19.3 Å². The minimum absolute atomic E-state index is 0.218. The Hall–Kier alpha value is -1.96. The molecule has 4 rings (SSSR count). The zero-order chi connectivity index (χ0) is 16.7. The van der Waals surface area contributed by atoms with Crippen molar-refractivity contribution in [2.75, 3.05) is 5.32 Å². The zero-order valence-electron chi connectivity index (χ0n) is 12.3. The Morgan fingerprint density at radius 1 is 1.29 bits per heavy atom. The number of amides is 1. The first-order valence-corrected chi connectivity index (χ1v) is 8.85. The number of hydrogen-bond acceptors (Lipinski definition) is 5. The van der Waals surface area contributed by atoms with Crippen LogP contribution in [-0.4, -0.2) is 26.1 Å². The fourth-order valence-electron chi connectivity index (χ4n) is 2.82. The Labute approximate surface area is 151 Å². The lowest BCUT2D eigenvalue weighted by molar-refractivity contribution is 0.102. The highest BCUT2D eigenvalue weighted by atomic mass is 35.5. The molecule has 1 aliphatic carbocycles. The lowest BCUT2D eigenvalue weighted by Gasteiger charge is -2.09. The van der Waals surface area contributed by atoms with Gasteiger partial charge in [0.1, 0.15) is 11.3 Å². The number of rotatable bonds is 3. The number of anilines is 1. The SMILES string of the molecule is O=C(Nc1ccc(Cl)cc1Cl)c1c(-n2cnnn2)sc2c1CCC2. The van der Waals surface area contributed by atoms with Crippen molar-refractivity contribution in [1.29, 1.82) is 0 Å². The molecule has 0 radical (unpaired) electrons. The van der Waals surface area contributed by atoms with Crippen LogP contribution in [-0.2, 0) is 12.8 Å². The molecule has 6 nitrogen and oxygen atoms in total. The third-order valence-corrected chi connectivity index (χ3v) is 5.70. The van der Waals surface area contributed by atoms with Gasteiger partial charge in [-0.25, -0.2) is 0 Å². The van der Waals surface area contributed by atoms with Gasteiger partial charge in [0.15, 0.2) is 0 Å².